The number of aryl methyl sites for hydroxylation is 2. The summed E-state index contributed by atoms with van der Waals surface area (Å²) in [6, 6.07) is 8.25. The van der Waals surface area contributed by atoms with Gasteiger partial charge in [-0.1, -0.05) is 18.0 Å². The van der Waals surface area contributed by atoms with Gasteiger partial charge < -0.3 is 10.2 Å². The zero-order chi connectivity index (χ0) is 25.5. The summed E-state index contributed by atoms with van der Waals surface area (Å²) in [7, 11) is 1.77. The maximum Gasteiger partial charge on any atom is 0.435 e. The molecule has 1 aliphatic rings. The van der Waals surface area contributed by atoms with Crippen molar-refractivity contribution in [2.75, 3.05) is 42.7 Å². The summed E-state index contributed by atoms with van der Waals surface area (Å²) in [5.74, 6) is 0.813. The lowest BCUT2D eigenvalue weighted by atomic mass is 9.97. The molecule has 0 aliphatic carbocycles. The van der Waals surface area contributed by atoms with Crippen molar-refractivity contribution in [3.8, 4) is 0 Å². The van der Waals surface area contributed by atoms with Crippen LogP contribution in [0.15, 0.2) is 35.1 Å². The molecule has 1 saturated heterocycles. The largest absolute Gasteiger partial charge is 0.435 e. The molecule has 10 heteroatoms. The van der Waals surface area contributed by atoms with Gasteiger partial charge in [0.1, 0.15) is 5.82 Å². The van der Waals surface area contributed by atoms with Gasteiger partial charge in [0.25, 0.3) is 5.56 Å². The molecule has 3 aromatic rings. The lowest BCUT2D eigenvalue weighted by Gasteiger charge is -2.35. The number of hydrogen-bond donors (Lipinski definition) is 1. The molecule has 2 aromatic heterocycles. The van der Waals surface area contributed by atoms with E-state index in [0.29, 0.717) is 11.1 Å². The average Bonchev–Trinajstić information content (AvgIpc) is 2.81. The first-order valence-corrected chi connectivity index (χ1v) is 12.7. The van der Waals surface area contributed by atoms with Crippen LogP contribution in [0.5, 0.6) is 0 Å². The SMILES string of the molecule is CSN1CCN(c2cc3c(C(C)Nc4ccc(C)nc4C(F)(F)F)cc(C)cc3c(=O)n2C)CC1. The summed E-state index contributed by atoms with van der Waals surface area (Å²) >= 11 is 1.71. The van der Waals surface area contributed by atoms with E-state index in [-0.39, 0.29) is 11.2 Å². The molecule has 1 atom stereocenters. The highest BCUT2D eigenvalue weighted by Crippen LogP contribution is 2.36. The van der Waals surface area contributed by atoms with Crippen molar-refractivity contribution >= 4 is 34.2 Å². The normalized spacial score (nSPS) is 16.1. The highest BCUT2D eigenvalue weighted by molar-refractivity contribution is 7.96. The van der Waals surface area contributed by atoms with Gasteiger partial charge in [-0.2, -0.15) is 13.2 Å². The molecule has 0 amide bonds. The second-order valence-corrected chi connectivity index (χ2v) is 9.87. The minimum Gasteiger partial charge on any atom is -0.377 e. The van der Waals surface area contributed by atoms with E-state index >= 15 is 0 Å². The van der Waals surface area contributed by atoms with Gasteiger partial charge in [0, 0.05) is 50.3 Å². The monoisotopic (exact) mass is 505 g/mol. The summed E-state index contributed by atoms with van der Waals surface area (Å²) in [4.78, 5) is 19.3. The van der Waals surface area contributed by atoms with Gasteiger partial charge >= 0.3 is 6.18 Å². The molecule has 188 valence electrons. The molecule has 1 N–H and O–H groups in total. The van der Waals surface area contributed by atoms with Crippen LogP contribution >= 0.6 is 11.9 Å². The predicted molar refractivity (Wildman–Crippen MR) is 137 cm³/mol. The quantitative estimate of drug-likeness (QED) is 0.485. The number of nitrogens with one attached hydrogen (secondary N) is 1. The number of piperazine rings is 1. The van der Waals surface area contributed by atoms with E-state index in [9.17, 15) is 18.0 Å². The van der Waals surface area contributed by atoms with Crippen LogP contribution in [0.2, 0.25) is 0 Å². The minimum absolute atomic E-state index is 0.0810. The third-order valence-corrected chi connectivity index (χ3v) is 7.35. The number of benzene rings is 1. The van der Waals surface area contributed by atoms with Crippen LogP contribution in [0, 0.1) is 13.8 Å². The molecule has 35 heavy (non-hydrogen) atoms. The summed E-state index contributed by atoms with van der Waals surface area (Å²) in [6.07, 6.45) is -2.52. The van der Waals surface area contributed by atoms with Gasteiger partial charge in [-0.15, -0.1) is 0 Å². The molecular weight excluding hydrogens is 475 g/mol. The zero-order valence-electron chi connectivity index (χ0n) is 20.5. The Morgan fingerprint density at radius 2 is 1.74 bits per heavy atom. The third-order valence-electron chi connectivity index (χ3n) is 6.47. The molecule has 0 bridgehead atoms. The predicted octanol–water partition coefficient (Wildman–Crippen LogP) is 5.14. The fraction of sp³-hybridized carbons (Fsp3) is 0.440. The summed E-state index contributed by atoms with van der Waals surface area (Å²) in [6.45, 7) is 8.57. The van der Waals surface area contributed by atoms with E-state index in [1.54, 1.807) is 29.6 Å². The first-order chi connectivity index (χ1) is 16.5. The van der Waals surface area contributed by atoms with Crippen molar-refractivity contribution in [2.24, 2.45) is 7.05 Å². The van der Waals surface area contributed by atoms with Gasteiger partial charge in [-0.05, 0) is 67.8 Å². The second kappa shape index (κ2) is 9.73. The molecule has 4 rings (SSSR count). The van der Waals surface area contributed by atoms with Crippen LogP contribution in [0.25, 0.3) is 10.8 Å². The number of aromatic nitrogens is 2. The Labute approximate surface area is 207 Å². The second-order valence-electron chi connectivity index (χ2n) is 8.99. The maximum absolute atomic E-state index is 13.7. The van der Waals surface area contributed by atoms with Crippen LogP contribution in [0.4, 0.5) is 24.7 Å². The number of nitrogens with zero attached hydrogens (tertiary/aromatic N) is 4. The van der Waals surface area contributed by atoms with E-state index in [0.717, 1.165) is 48.5 Å². The number of alkyl halides is 3. The van der Waals surface area contributed by atoms with Crippen LogP contribution in [-0.2, 0) is 13.2 Å². The van der Waals surface area contributed by atoms with E-state index < -0.39 is 17.9 Å². The summed E-state index contributed by atoms with van der Waals surface area (Å²) in [5.41, 5.74) is 0.807. The van der Waals surface area contributed by atoms with Crippen molar-refractivity contribution < 1.29 is 13.2 Å². The van der Waals surface area contributed by atoms with Crippen LogP contribution in [0.1, 0.15) is 35.5 Å². The van der Waals surface area contributed by atoms with Crippen LogP contribution < -0.4 is 15.8 Å². The van der Waals surface area contributed by atoms with Crippen LogP contribution in [0.3, 0.4) is 0 Å². The number of hydrogen-bond acceptors (Lipinski definition) is 6. The standard InChI is InChI=1S/C25H30F3N5OS/c1-15-12-18(17(3)30-21-7-6-16(2)29-23(21)25(26,27)28)19-14-22(31(4)24(34)20(19)13-15)32-8-10-33(35-5)11-9-32/h6-7,12-14,17,30H,8-11H2,1-5H3. The molecule has 1 unspecified atom stereocenters. The van der Waals surface area contributed by atoms with Gasteiger partial charge in [-0.25, -0.2) is 9.29 Å². The van der Waals surface area contributed by atoms with E-state index in [1.807, 2.05) is 32.0 Å². The Kier molecular flexibility index (Phi) is 7.06. The topological polar surface area (TPSA) is 53.4 Å². The number of rotatable bonds is 5. The number of fused-ring (bicyclic) bond motifs is 1. The smallest absolute Gasteiger partial charge is 0.377 e. The first kappa shape index (κ1) is 25.4. The Morgan fingerprint density at radius 1 is 1.06 bits per heavy atom. The lowest BCUT2D eigenvalue weighted by molar-refractivity contribution is -0.140. The molecule has 0 radical (unpaired) electrons. The fourth-order valence-corrected chi connectivity index (χ4v) is 5.16. The van der Waals surface area contributed by atoms with Gasteiger partial charge in [0.15, 0.2) is 5.69 Å². The maximum atomic E-state index is 13.7. The molecule has 1 aliphatic heterocycles. The van der Waals surface area contributed by atoms with Crippen LogP contribution in [-0.4, -0.2) is 46.3 Å². The fourth-order valence-electron chi connectivity index (χ4n) is 4.64. The summed E-state index contributed by atoms with van der Waals surface area (Å²) in [5, 5.41) is 4.31. The van der Waals surface area contributed by atoms with Gasteiger partial charge in [0.2, 0.25) is 0 Å². The molecule has 1 fully saturated rings. The Bertz CT molecular complexity index is 1300. The highest BCUT2D eigenvalue weighted by atomic mass is 32.2. The van der Waals surface area contributed by atoms with E-state index in [4.69, 9.17) is 0 Å². The number of anilines is 2. The van der Waals surface area contributed by atoms with E-state index in [1.165, 1.54) is 13.0 Å². The molecule has 0 saturated carbocycles. The number of pyridine rings is 2. The minimum atomic E-state index is -4.58. The van der Waals surface area contributed by atoms with Crippen molar-refractivity contribution in [2.45, 2.75) is 33.0 Å². The number of halogens is 3. The van der Waals surface area contributed by atoms with Gasteiger partial charge in [0.05, 0.1) is 5.69 Å². The highest BCUT2D eigenvalue weighted by Gasteiger charge is 2.36. The van der Waals surface area contributed by atoms with E-state index in [2.05, 4.69) is 25.8 Å². The third kappa shape index (κ3) is 5.13. The Morgan fingerprint density at radius 3 is 2.37 bits per heavy atom. The van der Waals surface area contributed by atoms with Crippen molar-refractivity contribution in [3.63, 3.8) is 0 Å². The van der Waals surface area contributed by atoms with Gasteiger partial charge in [-0.3, -0.25) is 9.36 Å². The first-order valence-electron chi connectivity index (χ1n) is 11.5. The summed E-state index contributed by atoms with van der Waals surface area (Å²) < 4.78 is 44.9. The van der Waals surface area contributed by atoms with Crippen molar-refractivity contribution in [3.05, 3.63) is 63.2 Å². The molecule has 1 aromatic carbocycles. The Balaban J connectivity index is 1.78. The Hall–Kier alpha value is -2.72. The lowest BCUT2D eigenvalue weighted by Crippen LogP contribution is -2.45. The van der Waals surface area contributed by atoms with Crippen molar-refractivity contribution in [1.29, 1.82) is 0 Å². The van der Waals surface area contributed by atoms with Crippen molar-refractivity contribution in [1.82, 2.24) is 13.9 Å². The molecule has 0 spiro atoms. The molecule has 3 heterocycles. The molecular formula is C25H30F3N5OS. The molecule has 6 nitrogen and oxygen atoms in total. The zero-order valence-corrected chi connectivity index (χ0v) is 21.3. The average molecular weight is 506 g/mol.